The molecule has 0 amide bonds. The van der Waals surface area contributed by atoms with Crippen LogP contribution < -0.4 is 0 Å². The lowest BCUT2D eigenvalue weighted by molar-refractivity contribution is -0.914. The zero-order chi connectivity index (χ0) is 15.8. The molecule has 0 N–H and O–H groups in total. The number of quaternary nitrogens is 1. The minimum Gasteiger partial charge on any atom is -0.317 e. The van der Waals surface area contributed by atoms with Crippen LogP contribution in [0, 0.1) is 0 Å². The molecule has 0 aromatic rings. The number of hydrogen-bond acceptors (Lipinski definition) is 0. The second-order valence-corrected chi connectivity index (χ2v) is 9.08. The van der Waals surface area contributed by atoms with Crippen molar-refractivity contribution in [2.24, 2.45) is 0 Å². The third-order valence-electron chi connectivity index (χ3n) is 3.31. The number of allylic oxidation sites excluding steroid dienone is 2. The van der Waals surface area contributed by atoms with Crippen LogP contribution in [-0.2, 0) is 0 Å². The van der Waals surface area contributed by atoms with E-state index in [1.54, 1.807) is 0 Å². The largest absolute Gasteiger partial charge is 0.317 e. The van der Waals surface area contributed by atoms with Gasteiger partial charge < -0.3 is 4.48 Å². The Balaban J connectivity index is 5.10. The Morgan fingerprint density at radius 3 is 2.15 bits per heavy atom. The summed E-state index contributed by atoms with van der Waals surface area (Å²) < 4.78 is 3.33. The number of alkyl halides is 3. The first-order chi connectivity index (χ1) is 9.35. The van der Waals surface area contributed by atoms with Gasteiger partial charge in [0.15, 0.2) is 0 Å². The van der Waals surface area contributed by atoms with Gasteiger partial charge in [-0.2, -0.15) is 0 Å². The van der Waals surface area contributed by atoms with Crippen molar-refractivity contribution in [3.05, 3.63) is 20.1 Å². The topological polar surface area (TPSA) is 0 Å². The molecule has 0 aromatic heterocycles. The van der Waals surface area contributed by atoms with Crippen molar-refractivity contribution in [1.82, 2.24) is 0 Å². The third-order valence-corrected chi connectivity index (χ3v) is 9.68. The highest BCUT2D eigenvalue weighted by atomic mass is 79.9. The van der Waals surface area contributed by atoms with Crippen LogP contribution in [0.3, 0.4) is 0 Å². The lowest BCUT2D eigenvalue weighted by Crippen LogP contribution is -2.48. The van der Waals surface area contributed by atoms with Crippen molar-refractivity contribution >= 4 is 91.3 Å². The summed E-state index contributed by atoms with van der Waals surface area (Å²) in [5.41, 5.74) is 0. The highest BCUT2D eigenvalue weighted by molar-refractivity contribution is 9.16. The highest BCUT2D eigenvalue weighted by Gasteiger charge is 2.25. The summed E-state index contributed by atoms with van der Waals surface area (Å²) in [4.78, 5) is 0.286. The highest BCUT2D eigenvalue weighted by Crippen LogP contribution is 2.29. The summed E-state index contributed by atoms with van der Waals surface area (Å²) in [6.07, 6.45) is 2.12. The predicted molar refractivity (Wildman–Crippen MR) is 110 cm³/mol. The second-order valence-electron chi connectivity index (χ2n) is 4.47. The summed E-state index contributed by atoms with van der Waals surface area (Å²) in [5, 5.41) is 2.46. The summed E-state index contributed by atoms with van der Waals surface area (Å²) in [7, 11) is 0. The fourth-order valence-electron chi connectivity index (χ4n) is 1.72. The van der Waals surface area contributed by atoms with Gasteiger partial charge >= 0.3 is 0 Å². The van der Waals surface area contributed by atoms with E-state index in [2.05, 4.69) is 99.6 Å². The van der Waals surface area contributed by atoms with Gasteiger partial charge in [0.05, 0.1) is 28.9 Å². The van der Waals surface area contributed by atoms with E-state index in [0.717, 1.165) is 50.8 Å². The van der Waals surface area contributed by atoms with Gasteiger partial charge in [-0.05, 0) is 35.9 Å². The van der Waals surface area contributed by atoms with Crippen LogP contribution in [0.2, 0.25) is 0 Å². The van der Waals surface area contributed by atoms with Gasteiger partial charge in [0.1, 0.15) is 6.54 Å². The third kappa shape index (κ3) is 7.60. The molecule has 0 bridgehead atoms. The van der Waals surface area contributed by atoms with Gasteiger partial charge in [-0.1, -0.05) is 75.3 Å². The van der Waals surface area contributed by atoms with Crippen molar-refractivity contribution in [2.75, 3.05) is 36.8 Å². The van der Waals surface area contributed by atoms with Crippen molar-refractivity contribution in [2.45, 2.75) is 18.7 Å². The van der Waals surface area contributed by atoms with E-state index >= 15 is 0 Å². The van der Waals surface area contributed by atoms with Gasteiger partial charge in [-0.15, -0.1) is 0 Å². The summed E-state index contributed by atoms with van der Waals surface area (Å²) in [6, 6.07) is 0. The van der Waals surface area contributed by atoms with Crippen molar-refractivity contribution in [3.63, 3.8) is 0 Å². The number of nitrogens with zero attached hydrogens (tertiary/aromatic N) is 1. The number of likely N-dealkylation sites (N-methyl/N-ethyl adjacent to an activating group) is 1. The Labute approximate surface area is 169 Å². The molecule has 0 aliphatic heterocycles. The van der Waals surface area contributed by atoms with E-state index in [4.69, 9.17) is 11.6 Å². The summed E-state index contributed by atoms with van der Waals surface area (Å²) in [6.45, 7) is 8.47. The Morgan fingerprint density at radius 1 is 1.20 bits per heavy atom. The molecule has 0 aromatic carbocycles. The maximum atomic E-state index is 6.11. The normalized spacial score (nSPS) is 16.1. The SMILES string of the molecule is CC[N+](CC)(C/C=C(\Cl)CBr)C/C(Br)=C(\Br)C(Br)CBr. The summed E-state index contributed by atoms with van der Waals surface area (Å²) >= 11 is 24.0. The minimum atomic E-state index is 0.286. The standard InChI is InChI=1S/C13H20Br5ClN/c1-3-20(4-2,6-5-10(19)7-14)9-12(17)13(18)11(16)8-15/h5,11H,3-4,6-9H2,1-2H3/q+1/b10-5-,13-12+. The maximum Gasteiger partial charge on any atom is 0.112 e. The first kappa shape index (κ1) is 22.1. The monoisotopic (exact) mass is 620 g/mol. The molecule has 0 heterocycles. The molecular formula is C13H20Br5ClN+. The fourth-order valence-corrected chi connectivity index (χ4v) is 4.46. The molecule has 1 atom stereocenters. The number of hydrogen-bond donors (Lipinski definition) is 0. The van der Waals surface area contributed by atoms with E-state index in [9.17, 15) is 0 Å². The van der Waals surface area contributed by atoms with Crippen molar-refractivity contribution in [3.8, 4) is 0 Å². The van der Waals surface area contributed by atoms with E-state index < -0.39 is 0 Å². The smallest absolute Gasteiger partial charge is 0.112 e. The average molecular weight is 625 g/mol. The molecule has 0 saturated carbocycles. The molecule has 0 aliphatic carbocycles. The lowest BCUT2D eigenvalue weighted by atomic mass is 10.3. The van der Waals surface area contributed by atoms with Crippen LogP contribution in [0.25, 0.3) is 0 Å². The van der Waals surface area contributed by atoms with Crippen LogP contribution in [-0.4, -0.2) is 46.1 Å². The Morgan fingerprint density at radius 2 is 1.75 bits per heavy atom. The minimum absolute atomic E-state index is 0.286. The number of halogens is 6. The number of rotatable bonds is 9. The van der Waals surface area contributed by atoms with Crippen LogP contribution in [0.4, 0.5) is 0 Å². The Hall–Kier alpha value is 2.13. The van der Waals surface area contributed by atoms with Crippen LogP contribution >= 0.6 is 91.3 Å². The van der Waals surface area contributed by atoms with Crippen LogP contribution in [0.1, 0.15) is 13.8 Å². The lowest BCUT2D eigenvalue weighted by Gasteiger charge is -2.36. The molecule has 0 fully saturated rings. The first-order valence-corrected chi connectivity index (χ1v) is 11.5. The van der Waals surface area contributed by atoms with Gasteiger partial charge in [0.2, 0.25) is 0 Å². The molecular weight excluding hydrogens is 605 g/mol. The Kier molecular flexibility index (Phi) is 12.9. The second kappa shape index (κ2) is 11.6. The molecule has 0 rings (SSSR count). The van der Waals surface area contributed by atoms with Crippen LogP contribution in [0.5, 0.6) is 0 Å². The van der Waals surface area contributed by atoms with Gasteiger partial charge in [0, 0.05) is 20.2 Å². The molecule has 1 nitrogen and oxygen atoms in total. The molecule has 0 aliphatic rings. The predicted octanol–water partition coefficient (Wildman–Crippen LogP) is 6.52. The van der Waals surface area contributed by atoms with Gasteiger partial charge in [0.25, 0.3) is 0 Å². The molecule has 7 heteroatoms. The van der Waals surface area contributed by atoms with Gasteiger partial charge in [-0.3, -0.25) is 0 Å². The maximum absolute atomic E-state index is 6.11. The van der Waals surface area contributed by atoms with Gasteiger partial charge in [-0.25, -0.2) is 0 Å². The van der Waals surface area contributed by atoms with Crippen molar-refractivity contribution < 1.29 is 4.48 Å². The first-order valence-electron chi connectivity index (χ1n) is 6.35. The molecule has 0 radical (unpaired) electrons. The Bertz CT molecular complexity index is 353. The zero-order valence-corrected chi connectivity index (χ0v) is 20.3. The van der Waals surface area contributed by atoms with E-state index in [1.165, 1.54) is 4.48 Å². The molecule has 118 valence electrons. The average Bonchev–Trinajstić information content (AvgIpc) is 2.49. The van der Waals surface area contributed by atoms with E-state index in [-0.39, 0.29) is 4.83 Å². The van der Waals surface area contributed by atoms with E-state index in [0.29, 0.717) is 0 Å². The van der Waals surface area contributed by atoms with Crippen LogP contribution in [0.15, 0.2) is 20.1 Å². The summed E-state index contributed by atoms with van der Waals surface area (Å²) in [5.74, 6) is 0. The molecule has 0 spiro atoms. The fraction of sp³-hybridized carbons (Fsp3) is 0.692. The van der Waals surface area contributed by atoms with Crippen molar-refractivity contribution in [1.29, 1.82) is 0 Å². The molecule has 1 unspecified atom stereocenters. The zero-order valence-electron chi connectivity index (χ0n) is 11.6. The molecule has 20 heavy (non-hydrogen) atoms. The quantitative estimate of drug-likeness (QED) is 0.202. The van der Waals surface area contributed by atoms with E-state index in [1.807, 2.05) is 0 Å². The molecule has 0 saturated heterocycles.